The molecule has 3 heterocycles. The van der Waals surface area contributed by atoms with Crippen LogP contribution in [0.15, 0.2) is 68.6 Å². The number of rotatable bonds is 3. The van der Waals surface area contributed by atoms with Crippen LogP contribution in [0, 0.1) is 6.92 Å². The molecular formula is C27H22N2O3S. The summed E-state index contributed by atoms with van der Waals surface area (Å²) in [6.45, 7) is 2.38. The monoisotopic (exact) mass is 454 g/mol. The van der Waals surface area contributed by atoms with Gasteiger partial charge in [0.05, 0.1) is 11.9 Å². The van der Waals surface area contributed by atoms with Gasteiger partial charge in [-0.25, -0.2) is 9.78 Å². The van der Waals surface area contributed by atoms with Crippen LogP contribution in [0.2, 0.25) is 0 Å². The van der Waals surface area contributed by atoms with Crippen molar-refractivity contribution in [1.82, 2.24) is 9.55 Å². The molecular weight excluding hydrogens is 432 g/mol. The third kappa shape index (κ3) is 3.33. The second kappa shape index (κ2) is 7.81. The average Bonchev–Trinajstić information content (AvgIpc) is 3.20. The lowest BCUT2D eigenvalue weighted by atomic mass is 9.97. The van der Waals surface area contributed by atoms with Crippen molar-refractivity contribution >= 4 is 32.5 Å². The van der Waals surface area contributed by atoms with Gasteiger partial charge in [-0.2, -0.15) is 0 Å². The zero-order chi connectivity index (χ0) is 22.5. The van der Waals surface area contributed by atoms with Crippen LogP contribution in [-0.2, 0) is 19.4 Å². The fourth-order valence-corrected chi connectivity index (χ4v) is 6.02. The number of hydrogen-bond acceptors (Lipinski definition) is 5. The molecule has 0 N–H and O–H groups in total. The summed E-state index contributed by atoms with van der Waals surface area (Å²) in [6, 6.07) is 17.2. The van der Waals surface area contributed by atoms with Gasteiger partial charge >= 0.3 is 5.63 Å². The molecule has 33 heavy (non-hydrogen) atoms. The summed E-state index contributed by atoms with van der Waals surface area (Å²) in [7, 11) is 0. The third-order valence-electron chi connectivity index (χ3n) is 6.55. The number of fused-ring (bicyclic) bond motifs is 4. The predicted octanol–water partition coefficient (Wildman–Crippen LogP) is 5.47. The van der Waals surface area contributed by atoms with Gasteiger partial charge in [0.1, 0.15) is 16.0 Å². The minimum Gasteiger partial charge on any atom is -0.422 e. The molecule has 0 unspecified atom stereocenters. The molecule has 5 aromatic rings. The number of aryl methyl sites for hydroxylation is 3. The van der Waals surface area contributed by atoms with Crippen LogP contribution in [0.3, 0.4) is 0 Å². The van der Waals surface area contributed by atoms with E-state index in [-0.39, 0.29) is 5.56 Å². The molecule has 0 radical (unpaired) electrons. The average molecular weight is 455 g/mol. The standard InChI is InChI=1S/C27H22N2O3S/c1-16-8-2-3-10-18(16)15-29-24(20-14-17-9-4-6-12-21(17)32-27(20)31)28-25-23(26(29)30)19-11-5-7-13-22(19)33-25/h2-4,6,8-10,12,14H,5,7,11,13,15H2,1H3. The molecule has 0 saturated carbocycles. The Balaban J connectivity index is 1.67. The zero-order valence-corrected chi connectivity index (χ0v) is 19.1. The van der Waals surface area contributed by atoms with E-state index in [2.05, 4.69) is 0 Å². The third-order valence-corrected chi connectivity index (χ3v) is 7.73. The summed E-state index contributed by atoms with van der Waals surface area (Å²) >= 11 is 1.59. The number of nitrogens with zero attached hydrogens (tertiary/aromatic N) is 2. The molecule has 0 atom stereocenters. The van der Waals surface area contributed by atoms with E-state index in [9.17, 15) is 9.59 Å². The molecule has 0 fully saturated rings. The fourth-order valence-electron chi connectivity index (χ4n) is 4.77. The van der Waals surface area contributed by atoms with Crippen molar-refractivity contribution in [1.29, 1.82) is 0 Å². The first kappa shape index (κ1) is 20.1. The minimum absolute atomic E-state index is 0.0785. The van der Waals surface area contributed by atoms with Gasteiger partial charge in [0.2, 0.25) is 0 Å². The Labute approximate surface area is 194 Å². The summed E-state index contributed by atoms with van der Waals surface area (Å²) in [5, 5.41) is 1.52. The molecule has 6 rings (SSSR count). The molecule has 1 aliphatic rings. The number of benzene rings is 2. The van der Waals surface area contributed by atoms with Gasteiger partial charge < -0.3 is 4.42 Å². The smallest absolute Gasteiger partial charge is 0.347 e. The fraction of sp³-hybridized carbons (Fsp3) is 0.222. The molecule has 6 heteroatoms. The van der Waals surface area contributed by atoms with Crippen LogP contribution in [0.5, 0.6) is 0 Å². The highest BCUT2D eigenvalue weighted by atomic mass is 32.1. The van der Waals surface area contributed by atoms with Gasteiger partial charge in [0, 0.05) is 10.3 Å². The van der Waals surface area contributed by atoms with E-state index in [1.165, 1.54) is 4.88 Å². The van der Waals surface area contributed by atoms with Crippen LogP contribution in [0.25, 0.3) is 32.6 Å². The van der Waals surface area contributed by atoms with Crippen molar-refractivity contribution in [2.45, 2.75) is 39.2 Å². The topological polar surface area (TPSA) is 65.1 Å². The Morgan fingerprint density at radius 3 is 2.70 bits per heavy atom. The lowest BCUT2D eigenvalue weighted by Gasteiger charge is -2.15. The number of para-hydroxylation sites is 1. The highest BCUT2D eigenvalue weighted by Crippen LogP contribution is 2.35. The molecule has 0 saturated heterocycles. The van der Waals surface area contributed by atoms with Crippen molar-refractivity contribution < 1.29 is 4.42 Å². The Hall–Kier alpha value is -3.51. The van der Waals surface area contributed by atoms with E-state index >= 15 is 0 Å². The lowest BCUT2D eigenvalue weighted by molar-refractivity contribution is 0.561. The summed E-state index contributed by atoms with van der Waals surface area (Å²) in [4.78, 5) is 33.9. The SMILES string of the molecule is Cc1ccccc1Cn1c(-c2cc3ccccc3oc2=O)nc2sc3c(c2c1=O)CCCC3. The Kier molecular flexibility index (Phi) is 4.76. The summed E-state index contributed by atoms with van der Waals surface area (Å²) in [5.41, 5.74) is 3.53. The largest absolute Gasteiger partial charge is 0.422 e. The highest BCUT2D eigenvalue weighted by Gasteiger charge is 2.24. The maximum absolute atomic E-state index is 13.9. The second-order valence-corrected chi connectivity index (χ2v) is 9.71. The summed E-state index contributed by atoms with van der Waals surface area (Å²) in [6.07, 6.45) is 4.12. The van der Waals surface area contributed by atoms with E-state index in [0.29, 0.717) is 23.5 Å². The van der Waals surface area contributed by atoms with Crippen molar-refractivity contribution in [3.05, 3.63) is 96.9 Å². The summed E-state index contributed by atoms with van der Waals surface area (Å²) in [5.74, 6) is 0.369. The minimum atomic E-state index is -0.486. The Bertz CT molecular complexity index is 1660. The maximum Gasteiger partial charge on any atom is 0.347 e. The van der Waals surface area contributed by atoms with Gasteiger partial charge in [0.25, 0.3) is 5.56 Å². The number of thiophene rings is 1. The molecule has 5 nitrogen and oxygen atoms in total. The second-order valence-electron chi connectivity index (χ2n) is 8.63. The van der Waals surface area contributed by atoms with Crippen molar-refractivity contribution in [3.63, 3.8) is 0 Å². The van der Waals surface area contributed by atoms with Crippen LogP contribution in [0.4, 0.5) is 0 Å². The first-order chi connectivity index (χ1) is 16.1. The van der Waals surface area contributed by atoms with E-state index in [4.69, 9.17) is 9.40 Å². The molecule has 0 amide bonds. The number of aromatic nitrogens is 2. The van der Waals surface area contributed by atoms with Gasteiger partial charge in [-0.1, -0.05) is 42.5 Å². The lowest BCUT2D eigenvalue weighted by Crippen LogP contribution is -2.26. The number of hydrogen-bond donors (Lipinski definition) is 0. The van der Waals surface area contributed by atoms with E-state index in [0.717, 1.165) is 58.0 Å². The van der Waals surface area contributed by atoms with Gasteiger partial charge in [-0.05, 0) is 61.4 Å². The van der Waals surface area contributed by atoms with E-state index in [1.54, 1.807) is 28.0 Å². The van der Waals surface area contributed by atoms with Crippen molar-refractivity contribution in [3.8, 4) is 11.4 Å². The molecule has 3 aromatic heterocycles. The molecule has 2 aromatic carbocycles. The molecule has 164 valence electrons. The predicted molar refractivity (Wildman–Crippen MR) is 132 cm³/mol. The highest BCUT2D eigenvalue weighted by molar-refractivity contribution is 7.18. The normalized spacial score (nSPS) is 13.5. The van der Waals surface area contributed by atoms with Gasteiger partial charge in [0.15, 0.2) is 5.82 Å². The molecule has 1 aliphatic carbocycles. The molecule has 0 spiro atoms. The van der Waals surface area contributed by atoms with Crippen molar-refractivity contribution in [2.24, 2.45) is 0 Å². The first-order valence-corrected chi connectivity index (χ1v) is 12.0. The van der Waals surface area contributed by atoms with Crippen molar-refractivity contribution in [2.75, 3.05) is 0 Å². The maximum atomic E-state index is 13.9. The van der Waals surface area contributed by atoms with Crippen LogP contribution in [0.1, 0.15) is 34.4 Å². The zero-order valence-electron chi connectivity index (χ0n) is 18.3. The Morgan fingerprint density at radius 1 is 1.03 bits per heavy atom. The van der Waals surface area contributed by atoms with Gasteiger partial charge in [-0.3, -0.25) is 9.36 Å². The molecule has 0 bridgehead atoms. The quantitative estimate of drug-likeness (QED) is 0.339. The molecule has 0 aliphatic heterocycles. The van der Waals surface area contributed by atoms with Crippen LogP contribution < -0.4 is 11.2 Å². The van der Waals surface area contributed by atoms with E-state index < -0.39 is 5.63 Å². The van der Waals surface area contributed by atoms with E-state index in [1.807, 2.05) is 49.4 Å². The van der Waals surface area contributed by atoms with Gasteiger partial charge in [-0.15, -0.1) is 11.3 Å². The van der Waals surface area contributed by atoms with Crippen LogP contribution >= 0.6 is 11.3 Å². The first-order valence-electron chi connectivity index (χ1n) is 11.2. The Morgan fingerprint density at radius 2 is 1.82 bits per heavy atom. The van der Waals surface area contributed by atoms with Crippen LogP contribution in [-0.4, -0.2) is 9.55 Å². The summed E-state index contributed by atoms with van der Waals surface area (Å²) < 4.78 is 7.26.